The van der Waals surface area contributed by atoms with Gasteiger partial charge in [-0.15, -0.1) is 22.7 Å². The van der Waals surface area contributed by atoms with Crippen LogP contribution in [0.1, 0.15) is 32.2 Å². The average molecular weight is 363 g/mol. The molecule has 0 aliphatic carbocycles. The van der Waals surface area contributed by atoms with Crippen molar-refractivity contribution in [1.82, 2.24) is 4.90 Å². The average Bonchev–Trinajstić information content (AvgIpc) is 3.32. The molecule has 1 aliphatic rings. The smallest absolute Gasteiger partial charge is 0.309 e. The van der Waals surface area contributed by atoms with Crippen LogP contribution in [0.2, 0.25) is 0 Å². The number of ether oxygens (including phenoxy) is 1. The van der Waals surface area contributed by atoms with Gasteiger partial charge in [-0.1, -0.05) is 12.1 Å². The van der Waals surface area contributed by atoms with Gasteiger partial charge < -0.3 is 9.64 Å². The predicted molar refractivity (Wildman–Crippen MR) is 92.6 cm³/mol. The SMILES string of the molecule is O=C(COC(=O)C1CCN(C(=O)c2cccs2)CC1)c1cccs1. The molecule has 2 aromatic heterocycles. The Morgan fingerprint density at radius 2 is 1.67 bits per heavy atom. The summed E-state index contributed by atoms with van der Waals surface area (Å²) >= 11 is 2.76. The van der Waals surface area contributed by atoms with E-state index in [2.05, 4.69) is 0 Å². The molecule has 1 amide bonds. The van der Waals surface area contributed by atoms with Crippen LogP contribution < -0.4 is 0 Å². The highest BCUT2D eigenvalue weighted by Crippen LogP contribution is 2.22. The van der Waals surface area contributed by atoms with Gasteiger partial charge in [-0.25, -0.2) is 0 Å². The Hall–Kier alpha value is -1.99. The number of carbonyl (C=O) groups excluding carboxylic acids is 3. The molecule has 1 aliphatic heterocycles. The van der Waals surface area contributed by atoms with Crippen molar-refractivity contribution in [2.75, 3.05) is 19.7 Å². The summed E-state index contributed by atoms with van der Waals surface area (Å²) in [5.41, 5.74) is 0. The molecule has 3 heterocycles. The first kappa shape index (κ1) is 16.9. The maximum Gasteiger partial charge on any atom is 0.309 e. The van der Waals surface area contributed by atoms with Gasteiger partial charge in [-0.2, -0.15) is 0 Å². The van der Waals surface area contributed by atoms with Crippen molar-refractivity contribution in [3.8, 4) is 0 Å². The van der Waals surface area contributed by atoms with Crippen molar-refractivity contribution in [2.24, 2.45) is 5.92 Å². The Bertz CT molecular complexity index is 701. The van der Waals surface area contributed by atoms with E-state index in [4.69, 9.17) is 4.74 Å². The molecule has 0 saturated carbocycles. The quantitative estimate of drug-likeness (QED) is 0.605. The molecule has 5 nitrogen and oxygen atoms in total. The lowest BCUT2D eigenvalue weighted by Crippen LogP contribution is -2.40. The number of hydrogen-bond donors (Lipinski definition) is 0. The first-order valence-corrected chi connectivity index (χ1v) is 9.47. The Balaban J connectivity index is 1.45. The van der Waals surface area contributed by atoms with E-state index in [0.29, 0.717) is 30.8 Å². The van der Waals surface area contributed by atoms with Crippen molar-refractivity contribution in [2.45, 2.75) is 12.8 Å². The van der Waals surface area contributed by atoms with Gasteiger partial charge in [0.15, 0.2) is 6.61 Å². The van der Waals surface area contributed by atoms with Gasteiger partial charge in [0, 0.05) is 13.1 Å². The third-order valence-corrected chi connectivity index (χ3v) is 5.76. The first-order chi connectivity index (χ1) is 11.6. The predicted octanol–water partition coefficient (Wildman–Crippen LogP) is 3.09. The Morgan fingerprint density at radius 3 is 2.25 bits per heavy atom. The van der Waals surface area contributed by atoms with Crippen LogP contribution in [0.4, 0.5) is 0 Å². The summed E-state index contributed by atoms with van der Waals surface area (Å²) in [6.07, 6.45) is 1.15. The van der Waals surface area contributed by atoms with Crippen LogP contribution in [0.3, 0.4) is 0 Å². The van der Waals surface area contributed by atoms with E-state index in [0.717, 1.165) is 4.88 Å². The van der Waals surface area contributed by atoms with Crippen molar-refractivity contribution in [3.05, 3.63) is 44.8 Å². The first-order valence-electron chi connectivity index (χ1n) is 7.71. The van der Waals surface area contributed by atoms with Gasteiger partial charge >= 0.3 is 5.97 Å². The van der Waals surface area contributed by atoms with E-state index in [1.54, 1.807) is 17.0 Å². The second-order valence-electron chi connectivity index (χ2n) is 5.55. The zero-order valence-electron chi connectivity index (χ0n) is 13.0. The minimum atomic E-state index is -0.344. The summed E-state index contributed by atoms with van der Waals surface area (Å²) in [5, 5.41) is 3.69. The molecule has 126 valence electrons. The zero-order chi connectivity index (χ0) is 16.9. The molecule has 0 atom stereocenters. The molecule has 0 bridgehead atoms. The van der Waals surface area contributed by atoms with Crippen molar-refractivity contribution in [1.29, 1.82) is 0 Å². The summed E-state index contributed by atoms with van der Waals surface area (Å²) < 4.78 is 5.15. The Morgan fingerprint density at radius 1 is 1.04 bits per heavy atom. The second kappa shape index (κ2) is 7.72. The number of ketones is 1. The monoisotopic (exact) mass is 363 g/mol. The van der Waals surface area contributed by atoms with Crippen LogP contribution >= 0.6 is 22.7 Å². The highest BCUT2D eigenvalue weighted by molar-refractivity contribution is 7.12. The molecule has 3 rings (SSSR count). The number of amides is 1. The van der Waals surface area contributed by atoms with Crippen LogP contribution in [0.15, 0.2) is 35.0 Å². The standard InChI is InChI=1S/C17H17NO4S2/c19-13(14-3-1-9-23-14)11-22-17(21)12-5-7-18(8-6-12)16(20)15-4-2-10-24-15/h1-4,9-10,12H,5-8,11H2. The molecule has 1 saturated heterocycles. The third kappa shape index (κ3) is 3.91. The molecule has 1 fully saturated rings. The summed E-state index contributed by atoms with van der Waals surface area (Å²) in [5.74, 6) is -0.745. The number of esters is 1. The number of nitrogens with zero attached hydrogens (tertiary/aromatic N) is 1. The lowest BCUT2D eigenvalue weighted by molar-refractivity contribution is -0.148. The molecule has 0 unspecified atom stereocenters. The van der Waals surface area contributed by atoms with Crippen molar-refractivity contribution < 1.29 is 19.1 Å². The molecule has 7 heteroatoms. The number of carbonyl (C=O) groups is 3. The number of hydrogen-bond acceptors (Lipinski definition) is 6. The molecule has 24 heavy (non-hydrogen) atoms. The number of likely N-dealkylation sites (tertiary alicyclic amines) is 1. The van der Waals surface area contributed by atoms with Gasteiger partial charge in [-0.3, -0.25) is 14.4 Å². The lowest BCUT2D eigenvalue weighted by Gasteiger charge is -2.30. The second-order valence-corrected chi connectivity index (χ2v) is 7.45. The van der Waals surface area contributed by atoms with Crippen molar-refractivity contribution in [3.63, 3.8) is 0 Å². The van der Waals surface area contributed by atoms with E-state index in [-0.39, 0.29) is 30.2 Å². The zero-order valence-corrected chi connectivity index (χ0v) is 14.6. The molecule has 0 spiro atoms. The summed E-state index contributed by atoms with van der Waals surface area (Å²) in [4.78, 5) is 39.3. The largest absolute Gasteiger partial charge is 0.457 e. The van der Waals surface area contributed by atoms with Crippen LogP contribution in [0.25, 0.3) is 0 Å². The summed E-state index contributed by atoms with van der Waals surface area (Å²) in [7, 11) is 0. The highest BCUT2D eigenvalue weighted by atomic mass is 32.1. The van der Waals surface area contributed by atoms with Crippen LogP contribution in [0, 0.1) is 5.92 Å². The molecule has 0 N–H and O–H groups in total. The van der Waals surface area contributed by atoms with Gasteiger partial charge in [0.25, 0.3) is 5.91 Å². The van der Waals surface area contributed by atoms with Crippen LogP contribution in [0.5, 0.6) is 0 Å². The van der Waals surface area contributed by atoms with E-state index in [1.807, 2.05) is 22.9 Å². The minimum Gasteiger partial charge on any atom is -0.457 e. The number of Topliss-reactive ketones (excluding diaryl/α,β-unsaturated/α-hetero) is 1. The van der Waals surface area contributed by atoms with Gasteiger partial charge in [0.2, 0.25) is 5.78 Å². The maximum atomic E-state index is 12.3. The van der Waals surface area contributed by atoms with Gasteiger partial charge in [0.05, 0.1) is 15.7 Å². The number of piperidine rings is 1. The normalized spacial score (nSPS) is 15.2. The van der Waals surface area contributed by atoms with Crippen LogP contribution in [-0.4, -0.2) is 42.3 Å². The maximum absolute atomic E-state index is 12.3. The fraction of sp³-hybridized carbons (Fsp3) is 0.353. The van der Waals surface area contributed by atoms with E-state index in [9.17, 15) is 14.4 Å². The molecule has 2 aromatic rings. The number of thiophene rings is 2. The van der Waals surface area contributed by atoms with Crippen molar-refractivity contribution >= 4 is 40.3 Å². The number of rotatable bonds is 5. The highest BCUT2D eigenvalue weighted by Gasteiger charge is 2.29. The molecule has 0 aromatic carbocycles. The van der Waals surface area contributed by atoms with Gasteiger partial charge in [-0.05, 0) is 35.7 Å². The minimum absolute atomic E-state index is 0.0182. The molecule has 0 radical (unpaired) electrons. The fourth-order valence-corrected chi connectivity index (χ4v) is 3.98. The Kier molecular flexibility index (Phi) is 5.42. The topological polar surface area (TPSA) is 63.7 Å². The van der Waals surface area contributed by atoms with E-state index >= 15 is 0 Å². The van der Waals surface area contributed by atoms with E-state index in [1.165, 1.54) is 22.7 Å². The summed E-state index contributed by atoms with van der Waals surface area (Å²) in [6, 6.07) is 7.17. The van der Waals surface area contributed by atoms with Gasteiger partial charge in [0.1, 0.15) is 0 Å². The Labute approximate surface area is 147 Å². The summed E-state index contributed by atoms with van der Waals surface area (Å²) in [6.45, 7) is 0.860. The lowest BCUT2D eigenvalue weighted by atomic mass is 9.97. The molecular weight excluding hydrogens is 346 g/mol. The molecular formula is C17H17NO4S2. The fourth-order valence-electron chi connectivity index (χ4n) is 2.64. The van der Waals surface area contributed by atoms with E-state index < -0.39 is 0 Å². The van der Waals surface area contributed by atoms with Crippen LogP contribution in [-0.2, 0) is 9.53 Å². The third-order valence-electron chi connectivity index (χ3n) is 3.99.